The second-order valence-electron chi connectivity index (χ2n) is 4.74. The Morgan fingerprint density at radius 1 is 1.24 bits per heavy atom. The third-order valence-electron chi connectivity index (χ3n) is 3.37. The number of aromatic nitrogens is 4. The molecule has 3 rings (SSSR count). The monoisotopic (exact) mass is 283 g/mol. The first-order chi connectivity index (χ1) is 10.1. The lowest BCUT2D eigenvalue weighted by molar-refractivity contribution is -0.142. The minimum Gasteiger partial charge on any atom is -0.479 e. The number of H-pyrrole nitrogens is 1. The van der Waals surface area contributed by atoms with Gasteiger partial charge in [-0.25, -0.2) is 19.7 Å². The predicted molar refractivity (Wildman–Crippen MR) is 76.7 cm³/mol. The van der Waals surface area contributed by atoms with Crippen molar-refractivity contribution >= 4 is 23.0 Å². The number of nitrogens with one attached hydrogen (secondary N) is 2. The number of carboxylic acids is 1. The molecule has 1 unspecified atom stereocenters. The number of carboxylic acid groups (broad SMARTS) is 1. The summed E-state index contributed by atoms with van der Waals surface area (Å²) >= 11 is 0. The molecule has 3 N–H and O–H groups in total. The van der Waals surface area contributed by atoms with E-state index in [1.165, 1.54) is 12.7 Å². The number of hydrogen-bond donors (Lipinski definition) is 3. The zero-order valence-electron chi connectivity index (χ0n) is 11.2. The number of imidazole rings is 1. The SMILES string of the molecule is CC(Nc1ncnc2nc[nH]c12)(C(=O)O)c1ccccc1. The van der Waals surface area contributed by atoms with Gasteiger partial charge in [-0.15, -0.1) is 0 Å². The fourth-order valence-electron chi connectivity index (χ4n) is 2.12. The molecule has 3 aromatic rings. The summed E-state index contributed by atoms with van der Waals surface area (Å²) in [7, 11) is 0. The van der Waals surface area contributed by atoms with E-state index in [9.17, 15) is 9.90 Å². The Kier molecular flexibility index (Phi) is 3.02. The van der Waals surface area contributed by atoms with Crippen molar-refractivity contribution < 1.29 is 9.90 Å². The summed E-state index contributed by atoms with van der Waals surface area (Å²) in [4.78, 5) is 26.8. The number of aliphatic carboxylic acids is 1. The first-order valence-corrected chi connectivity index (χ1v) is 6.32. The number of nitrogens with zero attached hydrogens (tertiary/aromatic N) is 3. The van der Waals surface area contributed by atoms with Crippen molar-refractivity contribution in [3.05, 3.63) is 48.5 Å². The number of benzene rings is 1. The van der Waals surface area contributed by atoms with Crippen molar-refractivity contribution in [1.82, 2.24) is 19.9 Å². The molecular weight excluding hydrogens is 270 g/mol. The second-order valence-corrected chi connectivity index (χ2v) is 4.74. The van der Waals surface area contributed by atoms with Gasteiger partial charge in [-0.05, 0) is 12.5 Å². The van der Waals surface area contributed by atoms with E-state index in [4.69, 9.17) is 0 Å². The number of rotatable bonds is 4. The molecule has 0 aliphatic heterocycles. The first kappa shape index (κ1) is 13.0. The van der Waals surface area contributed by atoms with E-state index >= 15 is 0 Å². The van der Waals surface area contributed by atoms with Crippen LogP contribution >= 0.6 is 0 Å². The Hall–Kier alpha value is -2.96. The highest BCUT2D eigenvalue weighted by Gasteiger charge is 2.36. The van der Waals surface area contributed by atoms with Gasteiger partial charge < -0.3 is 15.4 Å². The van der Waals surface area contributed by atoms with Gasteiger partial charge in [0.25, 0.3) is 0 Å². The lowest BCUT2D eigenvalue weighted by Gasteiger charge is -2.27. The van der Waals surface area contributed by atoms with Crippen molar-refractivity contribution in [2.75, 3.05) is 5.32 Å². The molecule has 2 heterocycles. The Morgan fingerprint density at radius 3 is 2.71 bits per heavy atom. The Balaban J connectivity index is 2.08. The lowest BCUT2D eigenvalue weighted by Crippen LogP contribution is -2.40. The molecule has 2 aromatic heterocycles. The number of aromatic amines is 1. The number of carbonyl (C=O) groups is 1. The van der Waals surface area contributed by atoms with Gasteiger partial charge >= 0.3 is 5.97 Å². The molecule has 0 aliphatic carbocycles. The molecule has 0 saturated heterocycles. The number of hydrogen-bond acceptors (Lipinski definition) is 5. The van der Waals surface area contributed by atoms with Gasteiger partial charge in [0, 0.05) is 0 Å². The van der Waals surface area contributed by atoms with Gasteiger partial charge in [-0.1, -0.05) is 30.3 Å². The van der Waals surface area contributed by atoms with Gasteiger partial charge in [0.05, 0.1) is 6.33 Å². The molecule has 0 bridgehead atoms. The van der Waals surface area contributed by atoms with E-state index in [-0.39, 0.29) is 0 Å². The number of fused-ring (bicyclic) bond motifs is 1. The van der Waals surface area contributed by atoms with Crippen LogP contribution in [0.3, 0.4) is 0 Å². The molecule has 0 amide bonds. The van der Waals surface area contributed by atoms with E-state index in [1.54, 1.807) is 31.2 Å². The summed E-state index contributed by atoms with van der Waals surface area (Å²) in [6, 6.07) is 8.94. The van der Waals surface area contributed by atoms with Gasteiger partial charge in [0.2, 0.25) is 0 Å². The number of anilines is 1. The van der Waals surface area contributed by atoms with Crippen LogP contribution in [0.2, 0.25) is 0 Å². The smallest absolute Gasteiger partial charge is 0.333 e. The topological polar surface area (TPSA) is 104 Å². The van der Waals surface area contributed by atoms with E-state index in [2.05, 4.69) is 25.3 Å². The molecule has 7 heteroatoms. The fourth-order valence-corrected chi connectivity index (χ4v) is 2.12. The maximum atomic E-state index is 11.8. The van der Waals surface area contributed by atoms with Crippen LogP contribution in [0.15, 0.2) is 43.0 Å². The summed E-state index contributed by atoms with van der Waals surface area (Å²) in [6.07, 6.45) is 2.84. The van der Waals surface area contributed by atoms with Gasteiger partial charge in [0.1, 0.15) is 11.8 Å². The van der Waals surface area contributed by atoms with Crippen LogP contribution < -0.4 is 5.32 Å². The van der Waals surface area contributed by atoms with E-state index in [0.717, 1.165) is 0 Å². The van der Waals surface area contributed by atoms with Crippen LogP contribution in [0.1, 0.15) is 12.5 Å². The van der Waals surface area contributed by atoms with Crippen molar-refractivity contribution in [2.24, 2.45) is 0 Å². The molecular formula is C14H13N5O2. The minimum atomic E-state index is -1.31. The maximum absolute atomic E-state index is 11.8. The first-order valence-electron chi connectivity index (χ1n) is 6.32. The Bertz CT molecular complexity index is 786. The van der Waals surface area contributed by atoms with Crippen molar-refractivity contribution in [2.45, 2.75) is 12.5 Å². The van der Waals surface area contributed by atoms with Crippen molar-refractivity contribution in [3.63, 3.8) is 0 Å². The molecule has 0 spiro atoms. The minimum absolute atomic E-state index is 0.395. The lowest BCUT2D eigenvalue weighted by atomic mass is 9.92. The maximum Gasteiger partial charge on any atom is 0.333 e. The van der Waals surface area contributed by atoms with Crippen LogP contribution in [-0.2, 0) is 10.3 Å². The highest BCUT2D eigenvalue weighted by molar-refractivity contribution is 5.88. The van der Waals surface area contributed by atoms with E-state index < -0.39 is 11.5 Å². The third-order valence-corrected chi connectivity index (χ3v) is 3.37. The second kappa shape index (κ2) is 4.86. The molecule has 0 radical (unpaired) electrons. The highest BCUT2D eigenvalue weighted by Crippen LogP contribution is 2.27. The summed E-state index contributed by atoms with van der Waals surface area (Å²) in [5.74, 6) is -0.605. The molecule has 0 aliphatic rings. The Labute approximate surface area is 120 Å². The fraction of sp³-hybridized carbons (Fsp3) is 0.143. The zero-order valence-corrected chi connectivity index (χ0v) is 11.2. The zero-order chi connectivity index (χ0) is 14.9. The van der Waals surface area contributed by atoms with Crippen molar-refractivity contribution in [3.8, 4) is 0 Å². The van der Waals surface area contributed by atoms with E-state index in [0.29, 0.717) is 22.5 Å². The van der Waals surface area contributed by atoms with Crippen LogP contribution in [0.4, 0.5) is 5.82 Å². The molecule has 7 nitrogen and oxygen atoms in total. The third kappa shape index (κ3) is 2.18. The summed E-state index contributed by atoms with van der Waals surface area (Å²) in [5.41, 5.74) is 0.367. The molecule has 1 atom stereocenters. The molecule has 0 saturated carbocycles. The summed E-state index contributed by atoms with van der Waals surface area (Å²) < 4.78 is 0. The largest absolute Gasteiger partial charge is 0.479 e. The molecule has 1 aromatic carbocycles. The Morgan fingerprint density at radius 2 is 2.00 bits per heavy atom. The van der Waals surface area contributed by atoms with Crippen LogP contribution in [0, 0.1) is 0 Å². The molecule has 106 valence electrons. The standard InChI is InChI=1S/C14H13N5O2/c1-14(13(20)21,9-5-3-2-4-6-9)19-12-10-11(16-7-15-10)17-8-18-12/h2-8H,1H3,(H,20,21)(H2,15,16,17,18,19). The normalized spacial score (nSPS) is 13.8. The molecule has 0 fully saturated rings. The average molecular weight is 283 g/mol. The average Bonchev–Trinajstić information content (AvgIpc) is 2.97. The predicted octanol–water partition coefficient (Wildman–Crippen LogP) is 1.76. The van der Waals surface area contributed by atoms with Gasteiger partial charge in [-0.3, -0.25) is 0 Å². The van der Waals surface area contributed by atoms with Crippen LogP contribution in [-0.4, -0.2) is 31.0 Å². The van der Waals surface area contributed by atoms with E-state index in [1.807, 2.05) is 6.07 Å². The highest BCUT2D eigenvalue weighted by atomic mass is 16.4. The molecule has 21 heavy (non-hydrogen) atoms. The van der Waals surface area contributed by atoms with Crippen LogP contribution in [0.5, 0.6) is 0 Å². The van der Waals surface area contributed by atoms with Gasteiger partial charge in [-0.2, -0.15) is 0 Å². The summed E-state index contributed by atoms with van der Waals surface area (Å²) in [5, 5.41) is 12.6. The quantitative estimate of drug-likeness (QED) is 0.674. The van der Waals surface area contributed by atoms with Gasteiger partial charge in [0.15, 0.2) is 17.0 Å². The van der Waals surface area contributed by atoms with Crippen molar-refractivity contribution in [1.29, 1.82) is 0 Å². The van der Waals surface area contributed by atoms with Crippen LogP contribution in [0.25, 0.3) is 11.2 Å². The summed E-state index contributed by atoms with van der Waals surface area (Å²) in [6.45, 7) is 1.59.